The quantitative estimate of drug-likeness (QED) is 0.129. The van der Waals surface area contributed by atoms with Gasteiger partial charge >= 0.3 is 0 Å². The maximum Gasteiger partial charge on any atom is 0.258 e. The molecule has 360 valence electrons. The molecule has 0 saturated heterocycles. The van der Waals surface area contributed by atoms with Gasteiger partial charge in [-0.2, -0.15) is 4.98 Å². The summed E-state index contributed by atoms with van der Waals surface area (Å²) in [6.45, 7) is 2.12. The van der Waals surface area contributed by atoms with Gasteiger partial charge in [0.1, 0.15) is 0 Å². The number of aromatic nitrogens is 4. The number of para-hydroxylation sites is 6. The Kier molecular flexibility index (Phi) is 10.9. The second-order valence-electron chi connectivity index (χ2n) is 19.2. The molecule has 3 aromatic heterocycles. The smallest absolute Gasteiger partial charge is 0.258 e. The van der Waals surface area contributed by atoms with Crippen molar-refractivity contribution in [3.63, 3.8) is 0 Å². The monoisotopic (exact) mass is 976 g/mol. The molecular weight excluding hydrogens is 929 g/mol. The Labute approximate surface area is 440 Å². The van der Waals surface area contributed by atoms with E-state index < -0.39 is 0 Å². The predicted octanol–water partition coefficient (Wildman–Crippen LogP) is 18.5. The predicted molar refractivity (Wildman–Crippen MR) is 313 cm³/mol. The highest BCUT2D eigenvalue weighted by Gasteiger charge is 2.22. The molecule has 14 rings (SSSR count). The number of aryl methyl sites for hydroxylation is 1. The first-order valence-electron chi connectivity index (χ1n) is 25.6. The summed E-state index contributed by atoms with van der Waals surface area (Å²) in [5.41, 5.74) is 18.1. The largest absolute Gasteiger partial charge is 0.334 e. The van der Waals surface area contributed by atoms with E-state index in [-0.39, 0.29) is 0 Å². The van der Waals surface area contributed by atoms with Gasteiger partial charge in [0.15, 0.2) is 0 Å². The Morgan fingerprint density at radius 3 is 1.21 bits per heavy atom. The zero-order chi connectivity index (χ0) is 50.5. The normalized spacial score (nSPS) is 11.5. The molecule has 0 atom stereocenters. The van der Waals surface area contributed by atoms with Gasteiger partial charge in [-0.05, 0) is 151 Å². The van der Waals surface area contributed by atoms with Crippen molar-refractivity contribution in [2.75, 3.05) is 9.80 Å². The third-order valence-corrected chi connectivity index (χ3v) is 14.6. The van der Waals surface area contributed by atoms with Crippen LogP contribution in [-0.4, -0.2) is 19.3 Å². The topological polar surface area (TPSA) is 55.3 Å². The van der Waals surface area contributed by atoms with E-state index in [9.17, 15) is 0 Å². The number of hydrogen-bond donors (Lipinski definition) is 0. The van der Waals surface area contributed by atoms with Crippen molar-refractivity contribution in [3.05, 3.63) is 279 Å². The van der Waals surface area contributed by atoms with Gasteiger partial charge in [-0.15, -0.1) is 0 Å². The van der Waals surface area contributed by atoms with Gasteiger partial charge in [0, 0.05) is 78.2 Å². The molecule has 7 heteroatoms. The standard InChI is InChI=1S/C69H48N6O/c1-47-41-49(35-38-59(47)68-70-69(76-71-68)48-21-7-2-8-22-48)50-42-57(74-64-33-19-17-31-60(64)62-45-55(36-39-66(62)74)72(51-23-9-3-10-24-51)52-25-11-4-12-26-52)44-58(43-50)75-65-34-20-18-32-61(65)63-46-56(37-40-67(63)75)73(53-27-13-5-14-28-53)54-29-15-6-16-30-54/h2-46H,1H3. The molecule has 3 heterocycles. The third kappa shape index (κ3) is 7.77. The Hall–Kier alpha value is -10.2. The van der Waals surface area contributed by atoms with Gasteiger partial charge in [0.25, 0.3) is 5.89 Å². The fraction of sp³-hybridized carbons (Fsp3) is 0.0145. The Balaban J connectivity index is 0.976. The fourth-order valence-corrected chi connectivity index (χ4v) is 11.1. The van der Waals surface area contributed by atoms with Crippen molar-refractivity contribution in [3.8, 4) is 45.3 Å². The van der Waals surface area contributed by atoms with Gasteiger partial charge in [-0.1, -0.05) is 151 Å². The van der Waals surface area contributed by atoms with Crippen molar-refractivity contribution in [1.82, 2.24) is 19.3 Å². The molecule has 0 N–H and O–H groups in total. The highest BCUT2D eigenvalue weighted by Crippen LogP contribution is 2.44. The minimum atomic E-state index is 0.494. The van der Waals surface area contributed by atoms with Gasteiger partial charge in [-0.25, -0.2) is 0 Å². The summed E-state index contributed by atoms with van der Waals surface area (Å²) in [4.78, 5) is 9.50. The van der Waals surface area contributed by atoms with E-state index in [0.29, 0.717) is 11.7 Å². The maximum absolute atomic E-state index is 5.79. The molecule has 0 aliphatic rings. The summed E-state index contributed by atoms with van der Waals surface area (Å²) in [6.07, 6.45) is 0. The lowest BCUT2D eigenvalue weighted by atomic mass is 9.98. The van der Waals surface area contributed by atoms with E-state index in [1.807, 2.05) is 30.3 Å². The molecule has 7 nitrogen and oxygen atoms in total. The van der Waals surface area contributed by atoms with Crippen LogP contribution in [0.25, 0.3) is 89.0 Å². The lowest BCUT2D eigenvalue weighted by molar-refractivity contribution is 0.432. The summed E-state index contributed by atoms with van der Waals surface area (Å²) in [6, 6.07) is 97.3. The summed E-state index contributed by atoms with van der Waals surface area (Å²) in [5, 5.41) is 9.12. The Morgan fingerprint density at radius 2 is 0.750 bits per heavy atom. The van der Waals surface area contributed by atoms with Crippen LogP contribution in [0.15, 0.2) is 278 Å². The molecule has 0 aliphatic carbocycles. The number of anilines is 6. The van der Waals surface area contributed by atoms with Crippen LogP contribution in [0, 0.1) is 6.92 Å². The Morgan fingerprint density at radius 1 is 0.329 bits per heavy atom. The van der Waals surface area contributed by atoms with Crippen molar-refractivity contribution < 1.29 is 4.52 Å². The molecule has 0 spiro atoms. The third-order valence-electron chi connectivity index (χ3n) is 14.6. The molecule has 76 heavy (non-hydrogen) atoms. The van der Waals surface area contributed by atoms with E-state index >= 15 is 0 Å². The van der Waals surface area contributed by atoms with E-state index in [2.05, 4.69) is 274 Å². The van der Waals surface area contributed by atoms with Crippen LogP contribution in [0.4, 0.5) is 34.1 Å². The van der Waals surface area contributed by atoms with E-state index in [1.165, 1.54) is 10.8 Å². The van der Waals surface area contributed by atoms with Gasteiger partial charge in [0.05, 0.1) is 22.1 Å². The van der Waals surface area contributed by atoms with Crippen molar-refractivity contribution in [2.24, 2.45) is 0 Å². The van der Waals surface area contributed by atoms with Gasteiger partial charge in [0.2, 0.25) is 5.82 Å². The zero-order valence-corrected chi connectivity index (χ0v) is 41.6. The van der Waals surface area contributed by atoms with Gasteiger partial charge < -0.3 is 23.5 Å². The summed E-state index contributed by atoms with van der Waals surface area (Å²) in [5.74, 6) is 1.05. The van der Waals surface area contributed by atoms with Crippen molar-refractivity contribution >= 4 is 77.7 Å². The van der Waals surface area contributed by atoms with E-state index in [0.717, 1.165) is 106 Å². The molecule has 14 aromatic rings. The number of benzene rings is 11. The molecule has 0 unspecified atom stereocenters. The molecule has 0 saturated carbocycles. The van der Waals surface area contributed by atoms with Gasteiger partial charge in [-0.3, -0.25) is 0 Å². The average molecular weight is 977 g/mol. The number of rotatable bonds is 11. The molecule has 0 aliphatic heterocycles. The summed E-state index contributed by atoms with van der Waals surface area (Å²) >= 11 is 0. The lowest BCUT2D eigenvalue weighted by Gasteiger charge is -2.25. The zero-order valence-electron chi connectivity index (χ0n) is 41.6. The first kappa shape index (κ1) is 44.5. The van der Waals surface area contributed by atoms with Crippen LogP contribution in [0.3, 0.4) is 0 Å². The first-order chi connectivity index (χ1) is 37.6. The summed E-state index contributed by atoms with van der Waals surface area (Å²) < 4.78 is 10.7. The number of nitrogens with zero attached hydrogens (tertiary/aromatic N) is 6. The SMILES string of the molecule is Cc1cc(-c2cc(-n3c4ccccc4c4cc(N(c5ccccc5)c5ccccc5)ccc43)cc(-n3c4ccccc4c4cc(N(c5ccccc5)c5ccccc5)ccc43)c2)ccc1-c1noc(-c2ccccc2)n1. The number of fused-ring (bicyclic) bond motifs is 6. The minimum absolute atomic E-state index is 0.494. The van der Waals surface area contributed by atoms with E-state index in [1.54, 1.807) is 0 Å². The maximum atomic E-state index is 5.79. The van der Waals surface area contributed by atoms with Crippen LogP contribution in [0.5, 0.6) is 0 Å². The second kappa shape index (κ2) is 18.7. The van der Waals surface area contributed by atoms with E-state index in [4.69, 9.17) is 9.51 Å². The molecular formula is C69H48N6O. The molecule has 0 bridgehead atoms. The highest BCUT2D eigenvalue weighted by atomic mass is 16.5. The molecule has 11 aromatic carbocycles. The minimum Gasteiger partial charge on any atom is -0.334 e. The van der Waals surface area contributed by atoms with Crippen molar-refractivity contribution in [1.29, 1.82) is 0 Å². The van der Waals surface area contributed by atoms with Crippen LogP contribution in [0.2, 0.25) is 0 Å². The fourth-order valence-electron chi connectivity index (χ4n) is 11.1. The molecule has 0 amide bonds. The van der Waals surface area contributed by atoms with Crippen LogP contribution < -0.4 is 9.80 Å². The summed E-state index contributed by atoms with van der Waals surface area (Å²) in [7, 11) is 0. The van der Waals surface area contributed by atoms with Crippen molar-refractivity contribution in [2.45, 2.75) is 6.92 Å². The highest BCUT2D eigenvalue weighted by molar-refractivity contribution is 6.12. The molecule has 0 fully saturated rings. The Bertz CT molecular complexity index is 4120. The van der Waals surface area contributed by atoms with Crippen LogP contribution >= 0.6 is 0 Å². The van der Waals surface area contributed by atoms with Crippen LogP contribution in [0.1, 0.15) is 5.56 Å². The first-order valence-corrected chi connectivity index (χ1v) is 25.6. The van der Waals surface area contributed by atoms with Crippen LogP contribution in [-0.2, 0) is 0 Å². The molecule has 0 radical (unpaired) electrons. The number of hydrogen-bond acceptors (Lipinski definition) is 5. The average Bonchev–Trinajstić information content (AvgIpc) is 4.30. The lowest BCUT2D eigenvalue weighted by Crippen LogP contribution is -2.09. The second-order valence-corrected chi connectivity index (χ2v) is 19.2.